The van der Waals surface area contributed by atoms with E-state index in [2.05, 4.69) is 15.3 Å². The van der Waals surface area contributed by atoms with Gasteiger partial charge in [0.05, 0.1) is 23.1 Å². The number of hydrogen-bond acceptors (Lipinski definition) is 8. The van der Waals surface area contributed by atoms with E-state index in [9.17, 15) is 39.2 Å². The van der Waals surface area contributed by atoms with Crippen LogP contribution in [-0.2, 0) is 11.1 Å². The van der Waals surface area contributed by atoms with Crippen molar-refractivity contribution >= 4 is 24.3 Å². The molecule has 0 saturated heterocycles. The lowest BCUT2D eigenvalue weighted by Gasteiger charge is -2.22. The molecule has 1 aromatic heterocycles. The van der Waals surface area contributed by atoms with Gasteiger partial charge < -0.3 is 29.6 Å². The summed E-state index contributed by atoms with van der Waals surface area (Å²) >= 11 is 0. The molecule has 164 valence electrons. The fourth-order valence-electron chi connectivity index (χ4n) is 3.07. The van der Waals surface area contributed by atoms with E-state index >= 15 is 0 Å². The topological polar surface area (TPSA) is 208 Å². The molecular weight excluding hydrogens is 435 g/mol. The second-order valence-corrected chi connectivity index (χ2v) is 8.16. The summed E-state index contributed by atoms with van der Waals surface area (Å²) in [5.41, 5.74) is -2.50. The van der Waals surface area contributed by atoms with Crippen molar-refractivity contribution in [3.63, 3.8) is 0 Å². The van der Waals surface area contributed by atoms with E-state index in [4.69, 9.17) is 4.74 Å². The number of methoxy groups -OCH3 is 1. The minimum atomic E-state index is -4.89. The Kier molecular flexibility index (Phi) is 5.95. The van der Waals surface area contributed by atoms with Gasteiger partial charge in [-0.25, -0.2) is 0 Å². The fraction of sp³-hybridized carbons (Fsp3) is 0.176. The van der Waals surface area contributed by atoms with Crippen LogP contribution >= 0.6 is 7.60 Å². The zero-order valence-corrected chi connectivity index (χ0v) is 16.8. The number of benzene rings is 2. The van der Waals surface area contributed by atoms with Crippen LogP contribution in [0.1, 0.15) is 16.9 Å². The summed E-state index contributed by atoms with van der Waals surface area (Å²) in [6.45, 7) is -0.368. The third-order valence-electron chi connectivity index (χ3n) is 4.48. The van der Waals surface area contributed by atoms with Gasteiger partial charge in [-0.1, -0.05) is 12.1 Å². The molecule has 0 bridgehead atoms. The molecule has 0 aliphatic heterocycles. The lowest BCUT2D eigenvalue weighted by Crippen LogP contribution is -2.29. The molecule has 3 aromatic rings. The number of nitrogens with one attached hydrogen (secondary N) is 3. The van der Waals surface area contributed by atoms with Crippen molar-refractivity contribution < 1.29 is 29.1 Å². The Morgan fingerprint density at radius 3 is 2.52 bits per heavy atom. The summed E-state index contributed by atoms with van der Waals surface area (Å²) in [5, 5.41) is 24.1. The number of rotatable bonds is 7. The number of non-ortho nitro benzene ring substituents is 1. The second-order valence-electron chi connectivity index (χ2n) is 6.46. The summed E-state index contributed by atoms with van der Waals surface area (Å²) in [7, 11) is -3.62. The van der Waals surface area contributed by atoms with Gasteiger partial charge in [-0.2, -0.15) is 0 Å². The first-order valence-corrected chi connectivity index (χ1v) is 10.3. The van der Waals surface area contributed by atoms with E-state index in [1.165, 1.54) is 25.3 Å². The van der Waals surface area contributed by atoms with E-state index in [-0.39, 0.29) is 34.5 Å². The average molecular weight is 452 g/mol. The van der Waals surface area contributed by atoms with Gasteiger partial charge in [0.2, 0.25) is 0 Å². The molecule has 2 aromatic carbocycles. The minimum Gasteiger partial charge on any atom is -0.504 e. The van der Waals surface area contributed by atoms with Crippen LogP contribution in [-0.4, -0.2) is 36.9 Å². The lowest BCUT2D eigenvalue weighted by atomic mass is 10.1. The zero-order valence-electron chi connectivity index (χ0n) is 15.9. The van der Waals surface area contributed by atoms with Crippen molar-refractivity contribution in [2.75, 3.05) is 7.11 Å². The van der Waals surface area contributed by atoms with Gasteiger partial charge >= 0.3 is 18.7 Å². The largest absolute Gasteiger partial charge is 0.504 e. The molecule has 0 aliphatic carbocycles. The highest BCUT2D eigenvalue weighted by Crippen LogP contribution is 2.53. The van der Waals surface area contributed by atoms with Crippen LogP contribution in [0.5, 0.6) is 11.5 Å². The average Bonchev–Trinajstić information content (AvgIpc) is 2.69. The molecule has 14 heteroatoms. The first-order valence-electron chi connectivity index (χ1n) is 8.61. The van der Waals surface area contributed by atoms with Gasteiger partial charge in [0.15, 0.2) is 11.5 Å². The predicted molar refractivity (Wildman–Crippen MR) is 108 cm³/mol. The number of aromatic nitrogens is 2. The number of para-hydroxylation sites is 1. The molecular formula is C17H17N4O9P. The Hall–Kier alpha value is -3.51. The molecule has 0 radical (unpaired) electrons. The molecule has 31 heavy (non-hydrogen) atoms. The Balaban J connectivity index is 2.09. The number of fused-ring (bicyclic) bond motifs is 1. The quantitative estimate of drug-likeness (QED) is 0.129. The lowest BCUT2D eigenvalue weighted by molar-refractivity contribution is -0.384. The molecule has 0 fully saturated rings. The van der Waals surface area contributed by atoms with Crippen molar-refractivity contribution in [1.29, 1.82) is 0 Å². The van der Waals surface area contributed by atoms with Crippen LogP contribution in [0, 0.1) is 10.1 Å². The van der Waals surface area contributed by atoms with Gasteiger partial charge in [0.25, 0.3) is 5.69 Å². The van der Waals surface area contributed by atoms with Gasteiger partial charge in [-0.15, -0.1) is 0 Å². The van der Waals surface area contributed by atoms with Gasteiger partial charge in [-0.3, -0.25) is 29.6 Å². The van der Waals surface area contributed by atoms with Crippen molar-refractivity contribution in [3.8, 4) is 11.5 Å². The monoisotopic (exact) mass is 452 g/mol. The highest BCUT2D eigenvalue weighted by Gasteiger charge is 2.33. The molecule has 3 rings (SSSR count). The van der Waals surface area contributed by atoms with Crippen LogP contribution in [0.2, 0.25) is 0 Å². The van der Waals surface area contributed by atoms with Crippen LogP contribution < -0.4 is 21.2 Å². The number of ether oxygens (including phenoxy) is 1. The number of phenols is 1. The SMILES string of the molecule is COc1cccc(C(NCc2cc([N+](=O)[O-])cc3[nH]c(=O)c(=O)[nH]c23)P(=O)(O)O)c1O. The van der Waals surface area contributed by atoms with Crippen molar-refractivity contribution in [3.05, 3.63) is 72.3 Å². The van der Waals surface area contributed by atoms with Crippen LogP contribution in [0.25, 0.3) is 11.0 Å². The van der Waals surface area contributed by atoms with Crippen molar-refractivity contribution in [2.24, 2.45) is 0 Å². The number of nitro groups is 1. The third kappa shape index (κ3) is 4.49. The Morgan fingerprint density at radius 2 is 1.90 bits per heavy atom. The first-order chi connectivity index (χ1) is 14.5. The molecule has 13 nitrogen and oxygen atoms in total. The van der Waals surface area contributed by atoms with Crippen molar-refractivity contribution in [1.82, 2.24) is 15.3 Å². The number of aromatic amines is 2. The Labute approximate surface area is 172 Å². The standard InChI is InChI=1S/C17H17N4O9P/c1-30-12-4-2-3-10(14(12)22)17(31(27,28)29)18-7-8-5-9(21(25)26)6-11-13(8)20-16(24)15(23)19-11/h2-6,17-18,22H,7H2,1H3,(H,19,23)(H,20,24)(H2,27,28,29). The molecule has 0 saturated carbocycles. The number of H-pyrrole nitrogens is 2. The molecule has 0 aliphatic rings. The highest BCUT2D eigenvalue weighted by molar-refractivity contribution is 7.52. The normalized spacial score (nSPS) is 12.6. The number of nitrogens with zero attached hydrogens (tertiary/aromatic N) is 1. The summed E-state index contributed by atoms with van der Waals surface area (Å²) in [6.07, 6.45) is 0. The first kappa shape index (κ1) is 22.2. The summed E-state index contributed by atoms with van der Waals surface area (Å²) < 4.78 is 17.1. The van der Waals surface area contributed by atoms with Crippen LogP contribution in [0.3, 0.4) is 0 Å². The van der Waals surface area contributed by atoms with E-state index in [0.717, 1.165) is 12.1 Å². The maximum Gasteiger partial charge on any atom is 0.347 e. The maximum absolute atomic E-state index is 12.1. The number of aromatic hydroxyl groups is 1. The van der Waals surface area contributed by atoms with E-state index in [0.29, 0.717) is 0 Å². The predicted octanol–water partition coefficient (Wildman–Crippen LogP) is 0.805. The zero-order chi connectivity index (χ0) is 22.9. The van der Waals surface area contributed by atoms with Crippen LogP contribution in [0.15, 0.2) is 39.9 Å². The third-order valence-corrected chi connectivity index (χ3v) is 5.61. The van der Waals surface area contributed by atoms with Crippen LogP contribution in [0.4, 0.5) is 5.69 Å². The van der Waals surface area contributed by atoms with Crippen molar-refractivity contribution in [2.45, 2.75) is 12.3 Å². The Morgan fingerprint density at radius 1 is 1.23 bits per heavy atom. The van der Waals surface area contributed by atoms with E-state index in [1.54, 1.807) is 0 Å². The summed E-state index contributed by atoms with van der Waals surface area (Å²) in [6, 6.07) is 6.23. The molecule has 0 amide bonds. The number of nitro benzene ring substituents is 1. The number of phenolic OH excluding ortho intramolecular Hbond substituents is 1. The van der Waals surface area contributed by atoms with E-state index < -0.39 is 40.9 Å². The summed E-state index contributed by atoms with van der Waals surface area (Å²) in [5.74, 6) is -2.21. The van der Waals surface area contributed by atoms with E-state index in [1.807, 2.05) is 0 Å². The molecule has 0 spiro atoms. The minimum absolute atomic E-state index is 0.0135. The Bertz CT molecular complexity index is 1330. The second kappa shape index (κ2) is 8.32. The molecule has 6 N–H and O–H groups in total. The van der Waals surface area contributed by atoms with Gasteiger partial charge in [-0.05, 0) is 11.6 Å². The molecule has 1 atom stereocenters. The maximum atomic E-state index is 12.1. The molecule has 1 unspecified atom stereocenters. The van der Waals surface area contributed by atoms with Gasteiger partial charge in [0.1, 0.15) is 5.78 Å². The fourth-order valence-corrected chi connectivity index (χ4v) is 3.97. The highest BCUT2D eigenvalue weighted by atomic mass is 31.2. The smallest absolute Gasteiger partial charge is 0.347 e. The van der Waals surface area contributed by atoms with Gasteiger partial charge in [0, 0.05) is 24.2 Å². The summed E-state index contributed by atoms with van der Waals surface area (Å²) in [4.78, 5) is 58.0. The molecule has 1 heterocycles. The number of hydrogen-bond donors (Lipinski definition) is 6.